The van der Waals surface area contributed by atoms with Crippen molar-refractivity contribution < 1.29 is 19.0 Å². The molecule has 1 atom stereocenters. The van der Waals surface area contributed by atoms with E-state index < -0.39 is 0 Å². The van der Waals surface area contributed by atoms with Crippen molar-refractivity contribution in [2.24, 2.45) is 0 Å². The van der Waals surface area contributed by atoms with Crippen LogP contribution in [-0.2, 0) is 15.9 Å². The molecule has 0 aromatic heterocycles. The topological polar surface area (TPSA) is 51.2 Å². The Labute approximate surface area is 195 Å². The number of amides is 1. The first-order valence-electron chi connectivity index (χ1n) is 12.0. The average Bonchev–Trinajstić information content (AvgIpc) is 3.50. The number of hydrogen-bond acceptors (Lipinski definition) is 5. The van der Waals surface area contributed by atoms with Gasteiger partial charge in [-0.3, -0.25) is 0 Å². The fourth-order valence-corrected chi connectivity index (χ4v) is 4.87. The number of rotatable bonds is 5. The van der Waals surface area contributed by atoms with Gasteiger partial charge in [0.2, 0.25) is 0 Å². The minimum Gasteiger partial charge on any atom is -0.501 e. The van der Waals surface area contributed by atoms with Gasteiger partial charge < -0.3 is 24.0 Å². The average molecular weight is 449 g/mol. The van der Waals surface area contributed by atoms with Crippen LogP contribution in [-0.4, -0.2) is 49.4 Å². The number of ether oxygens (including phenoxy) is 3. The van der Waals surface area contributed by atoms with E-state index >= 15 is 0 Å². The Balaban J connectivity index is 1.24. The summed E-state index contributed by atoms with van der Waals surface area (Å²) in [5.74, 6) is 1.33. The van der Waals surface area contributed by atoms with E-state index in [1.165, 1.54) is 22.5 Å². The van der Waals surface area contributed by atoms with Gasteiger partial charge in [-0.25, -0.2) is 4.79 Å². The Morgan fingerprint density at radius 1 is 1.06 bits per heavy atom. The quantitative estimate of drug-likeness (QED) is 0.613. The fourth-order valence-electron chi connectivity index (χ4n) is 4.87. The third kappa shape index (κ3) is 4.65. The third-order valence-electron chi connectivity index (χ3n) is 6.63. The van der Waals surface area contributed by atoms with Crippen LogP contribution in [0.15, 0.2) is 54.8 Å². The molecule has 1 amide bonds. The van der Waals surface area contributed by atoms with Crippen molar-refractivity contribution in [1.82, 2.24) is 4.90 Å². The first-order valence-corrected chi connectivity index (χ1v) is 12.0. The summed E-state index contributed by atoms with van der Waals surface area (Å²) in [6.07, 6.45) is 6.32. The van der Waals surface area contributed by atoms with E-state index in [0.29, 0.717) is 19.0 Å². The lowest BCUT2D eigenvalue weighted by molar-refractivity contribution is 0.0515. The lowest BCUT2D eigenvalue weighted by Crippen LogP contribution is -2.42. The molecule has 6 heteroatoms. The van der Waals surface area contributed by atoms with Gasteiger partial charge in [-0.2, -0.15) is 0 Å². The van der Waals surface area contributed by atoms with Gasteiger partial charge in [-0.15, -0.1) is 0 Å². The summed E-state index contributed by atoms with van der Waals surface area (Å²) >= 11 is 0. The molecule has 0 radical (unpaired) electrons. The molecule has 0 bridgehead atoms. The number of benzene rings is 2. The Kier molecular flexibility index (Phi) is 6.16. The number of carbonyl (C=O) groups is 1. The Morgan fingerprint density at radius 3 is 2.55 bits per heavy atom. The number of nitrogens with zero attached hydrogens (tertiary/aromatic N) is 2. The van der Waals surface area contributed by atoms with Gasteiger partial charge in [0.05, 0.1) is 19.0 Å². The van der Waals surface area contributed by atoms with Gasteiger partial charge in [0, 0.05) is 55.3 Å². The highest BCUT2D eigenvalue weighted by Gasteiger charge is 2.28. The lowest BCUT2D eigenvalue weighted by atomic mass is 10.0. The summed E-state index contributed by atoms with van der Waals surface area (Å²) < 4.78 is 17.1. The highest BCUT2D eigenvalue weighted by atomic mass is 16.6. The number of anilines is 2. The summed E-state index contributed by atoms with van der Waals surface area (Å²) in [5.41, 5.74) is 4.99. The molecule has 33 heavy (non-hydrogen) atoms. The van der Waals surface area contributed by atoms with E-state index in [1.807, 2.05) is 13.8 Å². The van der Waals surface area contributed by atoms with Crippen molar-refractivity contribution >= 4 is 17.5 Å². The van der Waals surface area contributed by atoms with Gasteiger partial charge in [-0.1, -0.05) is 18.2 Å². The smallest absolute Gasteiger partial charge is 0.410 e. The molecule has 3 heterocycles. The zero-order chi connectivity index (χ0) is 22.8. The molecule has 1 fully saturated rings. The van der Waals surface area contributed by atoms with E-state index in [0.717, 1.165) is 38.2 Å². The fraction of sp³-hybridized carbons (Fsp3) is 0.444. The van der Waals surface area contributed by atoms with Crippen molar-refractivity contribution in [1.29, 1.82) is 0 Å². The van der Waals surface area contributed by atoms with Crippen molar-refractivity contribution in [2.45, 2.75) is 51.2 Å². The second-order valence-electron chi connectivity index (χ2n) is 9.25. The number of piperidine rings is 1. The number of likely N-dealkylation sites (tertiary alicyclic amines) is 1. The number of fused-ring (bicyclic) bond motifs is 1. The third-order valence-corrected chi connectivity index (χ3v) is 6.63. The zero-order valence-electron chi connectivity index (χ0n) is 19.4. The minimum atomic E-state index is -0.220. The predicted molar refractivity (Wildman–Crippen MR) is 128 cm³/mol. The van der Waals surface area contributed by atoms with Gasteiger partial charge in [0.15, 0.2) is 0 Å². The maximum absolute atomic E-state index is 12.1. The van der Waals surface area contributed by atoms with Gasteiger partial charge in [0.25, 0.3) is 0 Å². The summed E-state index contributed by atoms with van der Waals surface area (Å²) in [4.78, 5) is 16.3. The molecule has 3 aliphatic heterocycles. The van der Waals surface area contributed by atoms with Crippen LogP contribution >= 0.6 is 0 Å². The van der Waals surface area contributed by atoms with Gasteiger partial charge in [0.1, 0.15) is 11.9 Å². The summed E-state index contributed by atoms with van der Waals surface area (Å²) in [7, 11) is 0. The van der Waals surface area contributed by atoms with Gasteiger partial charge in [-0.05, 0) is 56.2 Å². The predicted octanol–water partition coefficient (Wildman–Crippen LogP) is 5.40. The van der Waals surface area contributed by atoms with Crippen LogP contribution in [0.2, 0.25) is 0 Å². The monoisotopic (exact) mass is 448 g/mol. The molecular weight excluding hydrogens is 416 g/mol. The van der Waals surface area contributed by atoms with Crippen molar-refractivity contribution in [3.8, 4) is 5.75 Å². The highest BCUT2D eigenvalue weighted by Crippen LogP contribution is 2.40. The van der Waals surface area contributed by atoms with E-state index in [1.54, 1.807) is 11.2 Å². The molecule has 1 saturated heterocycles. The van der Waals surface area contributed by atoms with Crippen LogP contribution in [0, 0.1) is 0 Å². The normalized spacial score (nSPS) is 20.2. The Bertz CT molecular complexity index is 1010. The lowest BCUT2D eigenvalue weighted by Gasteiger charge is -2.32. The first kappa shape index (κ1) is 21.7. The van der Waals surface area contributed by atoms with Crippen LogP contribution in [0.4, 0.5) is 16.2 Å². The summed E-state index contributed by atoms with van der Waals surface area (Å²) in [6.45, 7) is 6.77. The van der Waals surface area contributed by atoms with E-state index in [2.05, 4.69) is 53.4 Å². The van der Waals surface area contributed by atoms with Crippen molar-refractivity contribution in [3.63, 3.8) is 0 Å². The number of hydrogen-bond donors (Lipinski definition) is 0. The highest BCUT2D eigenvalue weighted by molar-refractivity contribution is 5.72. The van der Waals surface area contributed by atoms with Crippen LogP contribution < -0.4 is 9.64 Å². The molecule has 0 aliphatic carbocycles. The first-order chi connectivity index (χ1) is 16.1. The van der Waals surface area contributed by atoms with Crippen LogP contribution in [0.3, 0.4) is 0 Å². The molecule has 5 rings (SSSR count). The molecule has 174 valence electrons. The van der Waals surface area contributed by atoms with Crippen molar-refractivity contribution in [3.05, 3.63) is 65.9 Å². The molecule has 0 N–H and O–H groups in total. The molecule has 2 aromatic rings. The standard InChI is InChI=1S/C27H32N2O4/c1-19(2)32-27(30)28-14-10-23(11-15-28)33-26-5-3-4-25-24(26)12-16-29(25)22-8-6-20(7-9-22)21-13-17-31-18-21/h3-9,13,17,19,21,23H,10-12,14-16,18H2,1-2H3. The summed E-state index contributed by atoms with van der Waals surface area (Å²) in [5, 5.41) is 0. The maximum Gasteiger partial charge on any atom is 0.410 e. The second-order valence-corrected chi connectivity index (χ2v) is 9.25. The maximum atomic E-state index is 12.1. The zero-order valence-corrected chi connectivity index (χ0v) is 19.4. The number of carbonyl (C=O) groups excluding carboxylic acids is 1. The SMILES string of the molecule is CC(C)OC(=O)N1CCC(Oc2cccc3c2CCN3c2ccc(C3C=COC3)cc2)CC1. The molecule has 3 aliphatic rings. The molecular formula is C27H32N2O4. The van der Waals surface area contributed by atoms with E-state index in [-0.39, 0.29) is 18.3 Å². The largest absolute Gasteiger partial charge is 0.501 e. The second kappa shape index (κ2) is 9.38. The van der Waals surface area contributed by atoms with E-state index in [4.69, 9.17) is 14.2 Å². The van der Waals surface area contributed by atoms with Crippen LogP contribution in [0.25, 0.3) is 0 Å². The van der Waals surface area contributed by atoms with Crippen molar-refractivity contribution in [2.75, 3.05) is 31.1 Å². The summed E-state index contributed by atoms with van der Waals surface area (Å²) in [6, 6.07) is 15.2. The van der Waals surface area contributed by atoms with Gasteiger partial charge >= 0.3 is 6.09 Å². The van der Waals surface area contributed by atoms with E-state index in [9.17, 15) is 4.79 Å². The van der Waals surface area contributed by atoms with Crippen LogP contribution in [0.5, 0.6) is 5.75 Å². The molecule has 1 unspecified atom stereocenters. The molecule has 0 spiro atoms. The molecule has 0 saturated carbocycles. The molecule has 6 nitrogen and oxygen atoms in total. The molecule has 2 aromatic carbocycles. The Hall–Kier alpha value is -3.15. The Morgan fingerprint density at radius 2 is 1.85 bits per heavy atom. The van der Waals surface area contributed by atoms with Crippen LogP contribution in [0.1, 0.15) is 43.7 Å². The minimum absolute atomic E-state index is 0.0916.